The Morgan fingerprint density at radius 3 is 2.50 bits per heavy atom. The van der Waals surface area contributed by atoms with Crippen LogP contribution in [0.3, 0.4) is 0 Å². The molecule has 26 heavy (non-hydrogen) atoms. The van der Waals surface area contributed by atoms with Gasteiger partial charge >= 0.3 is 5.97 Å². The maximum absolute atomic E-state index is 12.4. The van der Waals surface area contributed by atoms with Gasteiger partial charge in [0.05, 0.1) is 4.90 Å². The van der Waals surface area contributed by atoms with Crippen molar-refractivity contribution in [3.8, 4) is 0 Å². The molecule has 0 fully saturated rings. The van der Waals surface area contributed by atoms with Gasteiger partial charge in [-0.1, -0.05) is 54.1 Å². The highest BCUT2D eigenvalue weighted by Gasteiger charge is 2.16. The van der Waals surface area contributed by atoms with Crippen molar-refractivity contribution in [2.24, 2.45) is 0 Å². The number of esters is 1. The third-order valence-electron chi connectivity index (χ3n) is 3.73. The average molecular weight is 390 g/mol. The molecule has 0 saturated heterocycles. The molecule has 3 aromatic rings. The van der Waals surface area contributed by atoms with Crippen molar-refractivity contribution in [3.05, 3.63) is 77.3 Å². The van der Waals surface area contributed by atoms with E-state index < -0.39 is 22.5 Å². The van der Waals surface area contributed by atoms with Crippen LogP contribution in [0.2, 0.25) is 5.02 Å². The van der Waals surface area contributed by atoms with Crippen LogP contribution < -0.4 is 4.72 Å². The van der Waals surface area contributed by atoms with Crippen LogP contribution in [0.4, 0.5) is 0 Å². The molecule has 7 heteroatoms. The lowest BCUT2D eigenvalue weighted by molar-refractivity contribution is -0.143. The summed E-state index contributed by atoms with van der Waals surface area (Å²) in [6.07, 6.45) is 0. The SMILES string of the molecule is O=C(CNS(=O)(=O)c1ccc2ccccc2c1)OCc1cccc(Cl)c1. The smallest absolute Gasteiger partial charge is 0.321 e. The quantitative estimate of drug-likeness (QED) is 0.655. The monoisotopic (exact) mass is 389 g/mol. The highest BCUT2D eigenvalue weighted by Crippen LogP contribution is 2.18. The van der Waals surface area contributed by atoms with Gasteiger partial charge in [-0.15, -0.1) is 0 Å². The summed E-state index contributed by atoms with van der Waals surface area (Å²) in [6, 6.07) is 19.1. The second-order valence-electron chi connectivity index (χ2n) is 5.62. The minimum atomic E-state index is -3.81. The molecule has 0 radical (unpaired) electrons. The molecule has 5 nitrogen and oxygen atoms in total. The Morgan fingerprint density at radius 1 is 0.962 bits per heavy atom. The lowest BCUT2D eigenvalue weighted by Gasteiger charge is -2.08. The Morgan fingerprint density at radius 2 is 1.73 bits per heavy atom. The number of benzene rings is 3. The van der Waals surface area contributed by atoms with Crippen molar-refractivity contribution in [2.75, 3.05) is 6.54 Å². The molecule has 134 valence electrons. The predicted molar refractivity (Wildman–Crippen MR) is 100 cm³/mol. The zero-order chi connectivity index (χ0) is 18.6. The van der Waals surface area contributed by atoms with Crippen LogP contribution in [0, 0.1) is 0 Å². The van der Waals surface area contributed by atoms with E-state index in [2.05, 4.69) is 4.72 Å². The Kier molecular flexibility index (Phi) is 5.56. The molecule has 3 aromatic carbocycles. The van der Waals surface area contributed by atoms with Gasteiger partial charge in [-0.05, 0) is 40.6 Å². The summed E-state index contributed by atoms with van der Waals surface area (Å²) in [5, 5.41) is 2.28. The van der Waals surface area contributed by atoms with E-state index in [0.29, 0.717) is 5.02 Å². The summed E-state index contributed by atoms with van der Waals surface area (Å²) in [6.45, 7) is -0.424. The summed E-state index contributed by atoms with van der Waals surface area (Å²) in [7, 11) is -3.81. The molecular weight excluding hydrogens is 374 g/mol. The number of fused-ring (bicyclic) bond motifs is 1. The molecule has 0 heterocycles. The van der Waals surface area contributed by atoms with Crippen LogP contribution in [-0.2, 0) is 26.2 Å². The number of rotatable bonds is 6. The molecule has 0 aliphatic rings. The molecular formula is C19H16ClNO4S. The van der Waals surface area contributed by atoms with E-state index in [4.69, 9.17) is 16.3 Å². The second-order valence-corrected chi connectivity index (χ2v) is 7.83. The van der Waals surface area contributed by atoms with Gasteiger partial charge in [0.2, 0.25) is 10.0 Å². The lowest BCUT2D eigenvalue weighted by atomic mass is 10.1. The predicted octanol–water partition coefficient (Wildman–Crippen LogP) is 3.51. The van der Waals surface area contributed by atoms with Gasteiger partial charge in [0.15, 0.2) is 0 Å². The maximum atomic E-state index is 12.4. The first kappa shape index (κ1) is 18.4. The number of hydrogen-bond acceptors (Lipinski definition) is 4. The maximum Gasteiger partial charge on any atom is 0.321 e. The molecule has 0 aliphatic heterocycles. The van der Waals surface area contributed by atoms with Gasteiger partial charge < -0.3 is 4.74 Å². The van der Waals surface area contributed by atoms with Crippen LogP contribution in [0.5, 0.6) is 0 Å². The van der Waals surface area contributed by atoms with Gasteiger partial charge in [0, 0.05) is 5.02 Å². The van der Waals surface area contributed by atoms with Gasteiger partial charge in [-0.3, -0.25) is 4.79 Å². The van der Waals surface area contributed by atoms with Crippen molar-refractivity contribution in [1.82, 2.24) is 4.72 Å². The van der Waals surface area contributed by atoms with Gasteiger partial charge in [0.25, 0.3) is 0 Å². The van der Waals surface area contributed by atoms with Crippen molar-refractivity contribution in [3.63, 3.8) is 0 Å². The molecule has 3 rings (SSSR count). The Balaban J connectivity index is 1.60. The van der Waals surface area contributed by atoms with Crippen LogP contribution in [0.25, 0.3) is 10.8 Å². The van der Waals surface area contributed by atoms with Crippen LogP contribution in [0.15, 0.2) is 71.6 Å². The van der Waals surface area contributed by atoms with Crippen LogP contribution >= 0.6 is 11.6 Å². The van der Waals surface area contributed by atoms with Crippen molar-refractivity contribution < 1.29 is 17.9 Å². The molecule has 0 aromatic heterocycles. The number of ether oxygens (including phenoxy) is 1. The summed E-state index contributed by atoms with van der Waals surface area (Å²) in [5.41, 5.74) is 0.725. The molecule has 0 spiro atoms. The summed E-state index contributed by atoms with van der Waals surface area (Å²) in [5.74, 6) is -0.672. The molecule has 0 bridgehead atoms. The van der Waals surface area contributed by atoms with E-state index >= 15 is 0 Å². The number of carbonyl (C=O) groups excluding carboxylic acids is 1. The number of halogens is 1. The number of carbonyl (C=O) groups is 1. The molecule has 1 N–H and O–H groups in total. The molecule has 0 atom stereocenters. The van der Waals surface area contributed by atoms with Gasteiger partial charge in [-0.2, -0.15) is 4.72 Å². The zero-order valence-electron chi connectivity index (χ0n) is 13.7. The van der Waals surface area contributed by atoms with Crippen LogP contribution in [-0.4, -0.2) is 20.9 Å². The summed E-state index contributed by atoms with van der Waals surface area (Å²) < 4.78 is 32.0. The van der Waals surface area contributed by atoms with E-state index in [1.807, 2.05) is 24.3 Å². The van der Waals surface area contributed by atoms with E-state index in [0.717, 1.165) is 16.3 Å². The first-order valence-electron chi connectivity index (χ1n) is 7.82. The lowest BCUT2D eigenvalue weighted by Crippen LogP contribution is -2.30. The molecule has 0 unspecified atom stereocenters. The zero-order valence-corrected chi connectivity index (χ0v) is 15.3. The molecule has 0 saturated carbocycles. The fraction of sp³-hybridized carbons (Fsp3) is 0.105. The normalized spacial score (nSPS) is 11.4. The summed E-state index contributed by atoms with van der Waals surface area (Å²) >= 11 is 5.86. The second kappa shape index (κ2) is 7.86. The van der Waals surface area contributed by atoms with E-state index in [1.165, 1.54) is 6.07 Å². The van der Waals surface area contributed by atoms with E-state index in [9.17, 15) is 13.2 Å². The van der Waals surface area contributed by atoms with Gasteiger partial charge in [-0.25, -0.2) is 8.42 Å². The minimum absolute atomic E-state index is 0.0249. The Bertz CT molecular complexity index is 1050. The number of sulfonamides is 1. The van der Waals surface area contributed by atoms with Crippen molar-refractivity contribution >= 4 is 38.4 Å². The standard InChI is InChI=1S/C19H16ClNO4S/c20-17-7-3-4-14(10-17)13-25-19(22)12-21-26(23,24)18-9-8-15-5-1-2-6-16(15)11-18/h1-11,21H,12-13H2. The Labute approximate surface area is 156 Å². The first-order valence-corrected chi connectivity index (χ1v) is 9.69. The third kappa shape index (κ3) is 4.60. The minimum Gasteiger partial charge on any atom is -0.460 e. The fourth-order valence-corrected chi connectivity index (χ4v) is 3.63. The van der Waals surface area contributed by atoms with Crippen molar-refractivity contribution in [1.29, 1.82) is 0 Å². The number of hydrogen-bond donors (Lipinski definition) is 1. The van der Waals surface area contributed by atoms with E-state index in [1.54, 1.807) is 36.4 Å². The first-order chi connectivity index (χ1) is 12.4. The highest BCUT2D eigenvalue weighted by atomic mass is 35.5. The fourth-order valence-electron chi connectivity index (χ4n) is 2.41. The average Bonchev–Trinajstić information content (AvgIpc) is 2.64. The highest BCUT2D eigenvalue weighted by molar-refractivity contribution is 7.89. The summed E-state index contributed by atoms with van der Waals surface area (Å²) in [4.78, 5) is 11.9. The van der Waals surface area contributed by atoms with Gasteiger partial charge in [0.1, 0.15) is 13.2 Å². The number of nitrogens with one attached hydrogen (secondary N) is 1. The topological polar surface area (TPSA) is 72.5 Å². The van der Waals surface area contributed by atoms with Crippen LogP contribution in [0.1, 0.15) is 5.56 Å². The third-order valence-corrected chi connectivity index (χ3v) is 5.36. The largest absolute Gasteiger partial charge is 0.460 e. The van der Waals surface area contributed by atoms with Crippen molar-refractivity contribution in [2.45, 2.75) is 11.5 Å². The molecule has 0 aliphatic carbocycles. The molecule has 0 amide bonds. The Hall–Kier alpha value is -2.41. The van der Waals surface area contributed by atoms with E-state index in [-0.39, 0.29) is 11.5 Å².